The number of hydrogen-bond acceptors (Lipinski definition) is 3. The number of benzene rings is 1. The Morgan fingerprint density at radius 2 is 2.04 bits per heavy atom. The molecule has 0 aliphatic rings. The highest BCUT2D eigenvalue weighted by Crippen LogP contribution is 2.22. The van der Waals surface area contributed by atoms with E-state index in [-0.39, 0.29) is 5.91 Å². The maximum atomic E-state index is 13.0. The number of hydrogen-bond donors (Lipinski definition) is 0. The van der Waals surface area contributed by atoms with E-state index in [0.29, 0.717) is 6.54 Å². The van der Waals surface area contributed by atoms with Crippen molar-refractivity contribution >= 4 is 16.8 Å². The number of aromatic nitrogens is 3. The molecule has 1 amide bonds. The van der Waals surface area contributed by atoms with Crippen molar-refractivity contribution in [2.75, 3.05) is 13.6 Å². The van der Waals surface area contributed by atoms with E-state index in [1.54, 1.807) is 9.58 Å². The van der Waals surface area contributed by atoms with Crippen LogP contribution in [0, 0.1) is 6.92 Å². The first-order valence-corrected chi connectivity index (χ1v) is 8.61. The van der Waals surface area contributed by atoms with Gasteiger partial charge in [-0.3, -0.25) is 14.5 Å². The standard InChI is InChI=1S/C20H24N4O/c1-5-15-6-7-19-17(11-15)18(10-14(2)22-19)20(25)23(3)9-8-16-12-21-24(4)13-16/h6-7,10-13H,5,8-9H2,1-4H3. The van der Waals surface area contributed by atoms with Gasteiger partial charge in [-0.05, 0) is 49.1 Å². The Bertz CT molecular complexity index is 913. The van der Waals surface area contributed by atoms with Crippen molar-refractivity contribution < 1.29 is 4.79 Å². The summed E-state index contributed by atoms with van der Waals surface area (Å²) in [6, 6.07) is 8.07. The van der Waals surface area contributed by atoms with Crippen LogP contribution < -0.4 is 0 Å². The molecule has 0 saturated heterocycles. The maximum absolute atomic E-state index is 13.0. The number of fused-ring (bicyclic) bond motifs is 1. The van der Waals surface area contributed by atoms with E-state index in [2.05, 4.69) is 29.1 Å². The van der Waals surface area contributed by atoms with Crippen molar-refractivity contribution in [2.24, 2.45) is 7.05 Å². The smallest absolute Gasteiger partial charge is 0.254 e. The fraction of sp³-hybridized carbons (Fsp3) is 0.350. The van der Waals surface area contributed by atoms with Gasteiger partial charge in [0.15, 0.2) is 0 Å². The minimum absolute atomic E-state index is 0.0349. The van der Waals surface area contributed by atoms with Crippen LogP contribution in [0.25, 0.3) is 10.9 Å². The largest absolute Gasteiger partial charge is 0.341 e. The van der Waals surface area contributed by atoms with Gasteiger partial charge >= 0.3 is 0 Å². The van der Waals surface area contributed by atoms with Crippen LogP contribution in [0.5, 0.6) is 0 Å². The molecule has 0 atom stereocenters. The van der Waals surface area contributed by atoms with Gasteiger partial charge < -0.3 is 4.90 Å². The summed E-state index contributed by atoms with van der Waals surface area (Å²) in [7, 11) is 3.75. The number of carbonyl (C=O) groups is 1. The number of rotatable bonds is 5. The minimum Gasteiger partial charge on any atom is -0.341 e. The molecule has 0 radical (unpaired) electrons. The molecule has 3 rings (SSSR count). The number of amides is 1. The lowest BCUT2D eigenvalue weighted by Gasteiger charge is -2.18. The first kappa shape index (κ1) is 17.1. The van der Waals surface area contributed by atoms with Gasteiger partial charge in [0.25, 0.3) is 5.91 Å². The number of pyridine rings is 1. The summed E-state index contributed by atoms with van der Waals surface area (Å²) in [5, 5.41) is 5.11. The monoisotopic (exact) mass is 336 g/mol. The van der Waals surface area contributed by atoms with E-state index in [4.69, 9.17) is 0 Å². The fourth-order valence-electron chi connectivity index (χ4n) is 3.01. The van der Waals surface area contributed by atoms with E-state index in [1.165, 1.54) is 5.56 Å². The van der Waals surface area contributed by atoms with Crippen LogP contribution in [-0.2, 0) is 19.9 Å². The lowest BCUT2D eigenvalue weighted by Crippen LogP contribution is -2.29. The number of aryl methyl sites for hydroxylation is 3. The zero-order valence-electron chi connectivity index (χ0n) is 15.3. The van der Waals surface area contributed by atoms with E-state index in [1.807, 2.05) is 45.5 Å². The Labute approximate surface area is 148 Å². The minimum atomic E-state index is 0.0349. The Balaban J connectivity index is 1.87. The molecule has 5 nitrogen and oxygen atoms in total. The summed E-state index contributed by atoms with van der Waals surface area (Å²) in [6.45, 7) is 4.70. The molecule has 0 unspecified atom stereocenters. The second-order valence-electron chi connectivity index (χ2n) is 6.52. The summed E-state index contributed by atoms with van der Waals surface area (Å²) in [4.78, 5) is 19.4. The molecule has 0 fully saturated rings. The molecule has 0 spiro atoms. The molecule has 1 aromatic carbocycles. The Morgan fingerprint density at radius 3 is 2.72 bits per heavy atom. The van der Waals surface area contributed by atoms with Crippen LogP contribution in [-0.4, -0.2) is 39.2 Å². The average molecular weight is 336 g/mol. The topological polar surface area (TPSA) is 51.0 Å². The molecule has 0 bridgehead atoms. The molecule has 0 N–H and O–H groups in total. The van der Waals surface area contributed by atoms with Gasteiger partial charge in [-0.2, -0.15) is 5.10 Å². The number of nitrogens with zero attached hydrogens (tertiary/aromatic N) is 4. The second kappa shape index (κ2) is 7.05. The SMILES string of the molecule is CCc1ccc2nc(C)cc(C(=O)N(C)CCc3cnn(C)c3)c2c1. The van der Waals surface area contributed by atoms with Crippen LogP contribution in [0.3, 0.4) is 0 Å². The van der Waals surface area contributed by atoms with Crippen molar-refractivity contribution in [3.8, 4) is 0 Å². The zero-order chi connectivity index (χ0) is 18.0. The van der Waals surface area contributed by atoms with Crippen LogP contribution in [0.2, 0.25) is 0 Å². The third kappa shape index (κ3) is 3.71. The second-order valence-corrected chi connectivity index (χ2v) is 6.52. The molecule has 2 heterocycles. The Morgan fingerprint density at radius 1 is 1.24 bits per heavy atom. The van der Waals surface area contributed by atoms with Crippen molar-refractivity contribution in [1.29, 1.82) is 0 Å². The molecular weight excluding hydrogens is 312 g/mol. The van der Waals surface area contributed by atoms with E-state index in [0.717, 1.165) is 40.6 Å². The highest BCUT2D eigenvalue weighted by atomic mass is 16.2. The molecule has 5 heteroatoms. The van der Waals surface area contributed by atoms with E-state index < -0.39 is 0 Å². The van der Waals surface area contributed by atoms with Gasteiger partial charge in [-0.1, -0.05) is 13.0 Å². The lowest BCUT2D eigenvalue weighted by molar-refractivity contribution is 0.0798. The molecule has 25 heavy (non-hydrogen) atoms. The molecule has 0 aliphatic carbocycles. The predicted molar refractivity (Wildman–Crippen MR) is 99.7 cm³/mol. The summed E-state index contributed by atoms with van der Waals surface area (Å²) in [6.07, 6.45) is 5.56. The zero-order valence-corrected chi connectivity index (χ0v) is 15.3. The summed E-state index contributed by atoms with van der Waals surface area (Å²) >= 11 is 0. The van der Waals surface area contributed by atoms with Gasteiger partial charge in [0.1, 0.15) is 0 Å². The van der Waals surface area contributed by atoms with Gasteiger partial charge in [-0.15, -0.1) is 0 Å². The number of carbonyl (C=O) groups excluding carboxylic acids is 1. The highest BCUT2D eigenvalue weighted by Gasteiger charge is 2.16. The van der Waals surface area contributed by atoms with Crippen molar-refractivity contribution in [3.63, 3.8) is 0 Å². The van der Waals surface area contributed by atoms with Crippen molar-refractivity contribution in [2.45, 2.75) is 26.7 Å². The van der Waals surface area contributed by atoms with E-state index >= 15 is 0 Å². The molecule has 0 aliphatic heterocycles. The van der Waals surface area contributed by atoms with Gasteiger partial charge in [0.2, 0.25) is 0 Å². The first-order valence-electron chi connectivity index (χ1n) is 8.61. The summed E-state index contributed by atoms with van der Waals surface area (Å²) in [5.74, 6) is 0.0349. The number of likely N-dealkylation sites (N-methyl/N-ethyl adjacent to an activating group) is 1. The Hall–Kier alpha value is -2.69. The molecule has 0 saturated carbocycles. The predicted octanol–water partition coefficient (Wildman–Crippen LogP) is 3.15. The average Bonchev–Trinajstić information content (AvgIpc) is 3.03. The van der Waals surface area contributed by atoms with E-state index in [9.17, 15) is 4.79 Å². The van der Waals surface area contributed by atoms with Crippen LogP contribution >= 0.6 is 0 Å². The summed E-state index contributed by atoms with van der Waals surface area (Å²) < 4.78 is 1.78. The quantitative estimate of drug-likeness (QED) is 0.719. The molecule has 130 valence electrons. The highest BCUT2D eigenvalue weighted by molar-refractivity contribution is 6.06. The van der Waals surface area contributed by atoms with Gasteiger partial charge in [0, 0.05) is 37.9 Å². The van der Waals surface area contributed by atoms with Gasteiger partial charge in [0.05, 0.1) is 17.3 Å². The maximum Gasteiger partial charge on any atom is 0.254 e. The van der Waals surface area contributed by atoms with Crippen LogP contribution in [0.4, 0.5) is 0 Å². The fourth-order valence-corrected chi connectivity index (χ4v) is 3.01. The van der Waals surface area contributed by atoms with Crippen LogP contribution in [0.15, 0.2) is 36.7 Å². The lowest BCUT2D eigenvalue weighted by atomic mass is 10.0. The molecular formula is C20H24N4O. The molecule has 3 aromatic rings. The van der Waals surface area contributed by atoms with Crippen molar-refractivity contribution in [1.82, 2.24) is 19.7 Å². The van der Waals surface area contributed by atoms with Crippen molar-refractivity contribution in [3.05, 3.63) is 59.0 Å². The third-order valence-electron chi connectivity index (χ3n) is 4.48. The molecule has 2 aromatic heterocycles. The third-order valence-corrected chi connectivity index (χ3v) is 4.48. The first-order chi connectivity index (χ1) is 12.0. The summed E-state index contributed by atoms with van der Waals surface area (Å²) in [5.41, 5.74) is 4.81. The van der Waals surface area contributed by atoms with Crippen LogP contribution in [0.1, 0.15) is 34.1 Å². The van der Waals surface area contributed by atoms with Gasteiger partial charge in [-0.25, -0.2) is 0 Å². The Kier molecular flexibility index (Phi) is 4.83. The normalized spacial score (nSPS) is 11.0.